The summed E-state index contributed by atoms with van der Waals surface area (Å²) in [5.74, 6) is 0. The van der Waals surface area contributed by atoms with Crippen molar-refractivity contribution < 1.29 is 17.2 Å². The minimum Gasteiger partial charge on any atom is -0.231 e. The van der Waals surface area contributed by atoms with Crippen LogP contribution in [0.3, 0.4) is 0 Å². The fourth-order valence-electron chi connectivity index (χ4n) is 2.70. The Hall–Kier alpha value is -2.10. The zero-order valence-electron chi connectivity index (χ0n) is 13.4. The first kappa shape index (κ1) is 17.7. The second-order valence-electron chi connectivity index (χ2n) is 5.53. The van der Waals surface area contributed by atoms with Gasteiger partial charge in [-0.1, -0.05) is 12.1 Å². The average molecular weight is 383 g/mol. The molecule has 25 heavy (non-hydrogen) atoms. The van der Waals surface area contributed by atoms with E-state index in [0.717, 1.165) is 16.0 Å². The second-order valence-corrected chi connectivity index (χ2v) is 8.14. The van der Waals surface area contributed by atoms with Crippen LogP contribution >= 0.6 is 11.3 Å². The molecule has 132 valence electrons. The van der Waals surface area contributed by atoms with Crippen LogP contribution in [0.25, 0.3) is 16.9 Å². The van der Waals surface area contributed by atoms with Crippen LogP contribution in [0, 0.1) is 13.8 Å². The van der Waals surface area contributed by atoms with E-state index in [1.54, 1.807) is 6.07 Å². The molecule has 0 saturated carbocycles. The highest BCUT2D eigenvalue weighted by Crippen LogP contribution is 2.36. The normalized spacial score (nSPS) is 12.1. The lowest BCUT2D eigenvalue weighted by atomic mass is 10.1. The Morgan fingerprint density at radius 2 is 1.92 bits per heavy atom. The maximum absolute atomic E-state index is 13.2. The number of halogens is 2. The first-order valence-corrected chi connectivity index (χ1v) is 9.68. The Morgan fingerprint density at radius 3 is 2.48 bits per heavy atom. The van der Waals surface area contributed by atoms with Gasteiger partial charge in [-0.3, -0.25) is 0 Å². The maximum Gasteiger partial charge on any atom is 0.282 e. The molecule has 3 aromatic rings. The lowest BCUT2D eigenvalue weighted by Crippen LogP contribution is -2.16. The number of aromatic nitrogens is 2. The molecule has 0 unspecified atom stereocenters. The van der Waals surface area contributed by atoms with E-state index in [9.17, 15) is 17.2 Å². The number of rotatable bonds is 4. The second kappa shape index (κ2) is 6.32. The summed E-state index contributed by atoms with van der Waals surface area (Å²) in [5.41, 5.74) is 1.77. The van der Waals surface area contributed by atoms with Gasteiger partial charge in [0.25, 0.3) is 6.43 Å². The number of nitrogens with zero attached hydrogens (tertiary/aromatic N) is 2. The third-order valence-electron chi connectivity index (χ3n) is 3.77. The largest absolute Gasteiger partial charge is 0.282 e. The van der Waals surface area contributed by atoms with Gasteiger partial charge in [-0.2, -0.15) is 5.10 Å². The van der Waals surface area contributed by atoms with Crippen LogP contribution in [-0.2, 0) is 10.0 Å². The summed E-state index contributed by atoms with van der Waals surface area (Å²) >= 11 is 1.49. The number of para-hydroxylation sites is 1. The summed E-state index contributed by atoms with van der Waals surface area (Å²) < 4.78 is 51.5. The topological polar surface area (TPSA) is 78.0 Å². The number of primary sulfonamides is 1. The molecule has 0 atom stereocenters. The third kappa shape index (κ3) is 3.22. The van der Waals surface area contributed by atoms with Gasteiger partial charge in [0.05, 0.1) is 11.4 Å². The molecule has 3 rings (SSSR count). The lowest BCUT2D eigenvalue weighted by Gasteiger charge is -2.12. The van der Waals surface area contributed by atoms with Crippen LogP contribution in [0.5, 0.6) is 0 Å². The van der Waals surface area contributed by atoms with E-state index < -0.39 is 22.1 Å². The SMILES string of the molecule is Cc1csc(C)c1-c1cc(C(F)F)nn1-c1ccccc1S(N)(=O)=O. The molecule has 0 aliphatic carbocycles. The zero-order valence-corrected chi connectivity index (χ0v) is 15.0. The van der Waals surface area contributed by atoms with E-state index in [1.807, 2.05) is 19.2 Å². The number of alkyl halides is 2. The summed E-state index contributed by atoms with van der Waals surface area (Å²) in [6.45, 7) is 3.74. The Balaban J connectivity index is 2.35. The summed E-state index contributed by atoms with van der Waals surface area (Å²) in [6, 6.07) is 7.22. The number of hydrogen-bond acceptors (Lipinski definition) is 4. The van der Waals surface area contributed by atoms with Crippen LogP contribution in [-0.4, -0.2) is 18.2 Å². The molecule has 5 nitrogen and oxygen atoms in total. The van der Waals surface area contributed by atoms with Crippen molar-refractivity contribution in [1.29, 1.82) is 0 Å². The predicted octanol–water partition coefficient (Wildman–Crippen LogP) is 3.80. The number of benzene rings is 1. The molecule has 0 aliphatic rings. The van der Waals surface area contributed by atoms with Gasteiger partial charge in [0.2, 0.25) is 10.0 Å². The van der Waals surface area contributed by atoms with E-state index in [1.165, 1.54) is 40.3 Å². The van der Waals surface area contributed by atoms with Crippen molar-refractivity contribution in [2.75, 3.05) is 0 Å². The molecule has 0 saturated heterocycles. The van der Waals surface area contributed by atoms with Gasteiger partial charge < -0.3 is 0 Å². The molecule has 1 aromatic carbocycles. The van der Waals surface area contributed by atoms with Crippen molar-refractivity contribution in [3.8, 4) is 16.9 Å². The van der Waals surface area contributed by atoms with Gasteiger partial charge in [-0.25, -0.2) is 27.0 Å². The Kier molecular flexibility index (Phi) is 4.48. The number of sulfonamides is 1. The number of nitrogens with two attached hydrogens (primary N) is 1. The highest BCUT2D eigenvalue weighted by molar-refractivity contribution is 7.89. The van der Waals surface area contributed by atoms with E-state index in [-0.39, 0.29) is 10.6 Å². The van der Waals surface area contributed by atoms with Crippen molar-refractivity contribution in [2.45, 2.75) is 25.2 Å². The first-order chi connectivity index (χ1) is 11.7. The number of aryl methyl sites for hydroxylation is 2. The quantitative estimate of drug-likeness (QED) is 0.744. The molecule has 0 fully saturated rings. The van der Waals surface area contributed by atoms with Crippen molar-refractivity contribution in [2.24, 2.45) is 5.14 Å². The number of hydrogen-bond donors (Lipinski definition) is 1. The van der Waals surface area contributed by atoms with Crippen molar-refractivity contribution in [3.05, 3.63) is 51.8 Å². The van der Waals surface area contributed by atoms with Crippen LogP contribution < -0.4 is 5.14 Å². The monoisotopic (exact) mass is 383 g/mol. The van der Waals surface area contributed by atoms with Crippen molar-refractivity contribution >= 4 is 21.4 Å². The molecule has 2 N–H and O–H groups in total. The van der Waals surface area contributed by atoms with Gasteiger partial charge in [0.1, 0.15) is 10.6 Å². The third-order valence-corrected chi connectivity index (χ3v) is 5.75. The molecule has 0 spiro atoms. The molecular formula is C16H15F2N3O2S2. The van der Waals surface area contributed by atoms with E-state index in [4.69, 9.17) is 5.14 Å². The molecular weight excluding hydrogens is 368 g/mol. The standard InChI is InChI=1S/C16H15F2N3O2S2/c1-9-8-24-10(2)15(9)13-7-11(16(17)18)20-21(13)12-5-3-4-6-14(12)25(19,22)23/h3-8,16H,1-2H3,(H2,19,22,23). The van der Waals surface area contributed by atoms with Crippen molar-refractivity contribution in [1.82, 2.24) is 9.78 Å². The van der Waals surface area contributed by atoms with E-state index >= 15 is 0 Å². The van der Waals surface area contributed by atoms with Crippen LogP contribution in [0.2, 0.25) is 0 Å². The van der Waals surface area contributed by atoms with Crippen LogP contribution in [0.1, 0.15) is 22.6 Å². The molecule has 0 aliphatic heterocycles. The summed E-state index contributed by atoms with van der Waals surface area (Å²) in [5, 5.41) is 11.1. The van der Waals surface area contributed by atoms with E-state index in [2.05, 4.69) is 5.10 Å². The fourth-order valence-corrected chi connectivity index (χ4v) is 4.26. The Bertz CT molecular complexity index is 1020. The zero-order chi connectivity index (χ0) is 18.4. The highest BCUT2D eigenvalue weighted by Gasteiger charge is 2.24. The van der Waals surface area contributed by atoms with Gasteiger partial charge in [0.15, 0.2) is 0 Å². The van der Waals surface area contributed by atoms with Crippen LogP contribution in [0.4, 0.5) is 8.78 Å². The van der Waals surface area contributed by atoms with Gasteiger partial charge in [-0.15, -0.1) is 11.3 Å². The van der Waals surface area contributed by atoms with Crippen molar-refractivity contribution in [3.63, 3.8) is 0 Å². The molecule has 0 radical (unpaired) electrons. The van der Waals surface area contributed by atoms with Gasteiger partial charge in [-0.05, 0) is 43.0 Å². The predicted molar refractivity (Wildman–Crippen MR) is 92.7 cm³/mol. The highest BCUT2D eigenvalue weighted by atomic mass is 32.2. The lowest BCUT2D eigenvalue weighted by molar-refractivity contribution is 0.145. The van der Waals surface area contributed by atoms with Crippen LogP contribution in [0.15, 0.2) is 40.6 Å². The molecule has 2 aromatic heterocycles. The smallest absolute Gasteiger partial charge is 0.231 e. The Morgan fingerprint density at radius 1 is 1.24 bits per heavy atom. The van der Waals surface area contributed by atoms with Gasteiger partial charge in [0, 0.05) is 10.4 Å². The average Bonchev–Trinajstić information content (AvgIpc) is 3.10. The molecule has 2 heterocycles. The molecule has 0 bridgehead atoms. The number of thiophene rings is 1. The van der Waals surface area contributed by atoms with Gasteiger partial charge >= 0.3 is 0 Å². The molecule has 0 amide bonds. The van der Waals surface area contributed by atoms with E-state index in [0.29, 0.717) is 5.69 Å². The first-order valence-electron chi connectivity index (χ1n) is 7.25. The minimum absolute atomic E-state index is 0.136. The Labute approximate surface area is 147 Å². The summed E-state index contributed by atoms with van der Waals surface area (Å²) in [7, 11) is -4.04. The molecule has 9 heteroatoms. The minimum atomic E-state index is -4.04. The summed E-state index contributed by atoms with van der Waals surface area (Å²) in [4.78, 5) is 0.748. The summed E-state index contributed by atoms with van der Waals surface area (Å²) in [6.07, 6.45) is -2.78. The maximum atomic E-state index is 13.2. The fraction of sp³-hybridized carbons (Fsp3) is 0.188.